The number of nitrogens with zero attached hydrogens (tertiary/aromatic N) is 2. The van der Waals surface area contributed by atoms with E-state index >= 15 is 0 Å². The zero-order valence-corrected chi connectivity index (χ0v) is 15.7. The number of sulfonamides is 1. The van der Waals surface area contributed by atoms with Gasteiger partial charge in [-0.1, -0.05) is 18.2 Å². The summed E-state index contributed by atoms with van der Waals surface area (Å²) in [6.07, 6.45) is 4.72. The number of hydrogen-bond acceptors (Lipinski definition) is 5. The van der Waals surface area contributed by atoms with Gasteiger partial charge in [-0.25, -0.2) is 13.6 Å². The van der Waals surface area contributed by atoms with Crippen LogP contribution < -0.4 is 10.5 Å². The van der Waals surface area contributed by atoms with Gasteiger partial charge >= 0.3 is 0 Å². The number of aromatic nitrogens is 1. The zero-order valence-electron chi connectivity index (χ0n) is 14.9. The van der Waals surface area contributed by atoms with Crippen LogP contribution in [0.15, 0.2) is 65.8 Å². The number of fused-ring (bicyclic) bond motifs is 1. The first kappa shape index (κ1) is 17.9. The van der Waals surface area contributed by atoms with Crippen molar-refractivity contribution < 1.29 is 8.42 Å². The molecule has 0 saturated carbocycles. The molecule has 2 heterocycles. The summed E-state index contributed by atoms with van der Waals surface area (Å²) in [5.74, 6) is 0. The van der Waals surface area contributed by atoms with Crippen molar-refractivity contribution in [2.24, 2.45) is 5.14 Å². The third kappa shape index (κ3) is 4.27. The Kier molecular flexibility index (Phi) is 4.82. The molecule has 3 N–H and O–H groups in total. The Morgan fingerprint density at radius 3 is 2.89 bits per heavy atom. The SMILES string of the molecule is NS(=O)(=O)c1cccc(CN2CC[C@@H](Nc3ccc4cnccc4c3)C2)c1. The summed E-state index contributed by atoms with van der Waals surface area (Å²) >= 11 is 0. The number of nitrogens with one attached hydrogen (secondary N) is 1. The van der Waals surface area contributed by atoms with Crippen molar-refractivity contribution in [3.8, 4) is 0 Å². The molecule has 2 aromatic carbocycles. The smallest absolute Gasteiger partial charge is 0.238 e. The van der Waals surface area contributed by atoms with Gasteiger partial charge in [-0.3, -0.25) is 9.88 Å². The van der Waals surface area contributed by atoms with Gasteiger partial charge in [0.15, 0.2) is 0 Å². The molecule has 1 saturated heterocycles. The van der Waals surface area contributed by atoms with Crippen molar-refractivity contribution in [2.45, 2.75) is 23.9 Å². The van der Waals surface area contributed by atoms with Gasteiger partial charge < -0.3 is 5.32 Å². The molecule has 140 valence electrons. The van der Waals surface area contributed by atoms with Crippen molar-refractivity contribution >= 4 is 26.5 Å². The van der Waals surface area contributed by atoms with E-state index in [9.17, 15) is 8.42 Å². The number of hydrogen-bond donors (Lipinski definition) is 2. The molecule has 7 heteroatoms. The fourth-order valence-corrected chi connectivity index (χ4v) is 4.17. The maximum atomic E-state index is 11.5. The lowest BCUT2D eigenvalue weighted by Gasteiger charge is -2.18. The minimum atomic E-state index is -3.66. The number of nitrogens with two attached hydrogens (primary N) is 1. The zero-order chi connectivity index (χ0) is 18.9. The Morgan fingerprint density at radius 1 is 1.15 bits per heavy atom. The second-order valence-corrected chi connectivity index (χ2v) is 8.56. The summed E-state index contributed by atoms with van der Waals surface area (Å²) in [6.45, 7) is 2.59. The topological polar surface area (TPSA) is 88.3 Å². The van der Waals surface area contributed by atoms with Crippen molar-refractivity contribution in [3.63, 3.8) is 0 Å². The second-order valence-electron chi connectivity index (χ2n) is 7.00. The standard InChI is InChI=1S/C20H22N4O2S/c21-27(25,26)20-3-1-2-15(10-20)13-24-9-7-19(14-24)23-18-5-4-17-12-22-8-6-16(17)11-18/h1-6,8,10-12,19,23H,7,9,13-14H2,(H2,21,25,26)/t19-/m1/s1. The van der Waals surface area contributed by atoms with Crippen molar-refractivity contribution in [1.82, 2.24) is 9.88 Å². The fraction of sp³-hybridized carbons (Fsp3) is 0.250. The molecule has 1 aliphatic rings. The predicted molar refractivity (Wildman–Crippen MR) is 107 cm³/mol. The number of primary sulfonamides is 1. The monoisotopic (exact) mass is 382 g/mol. The van der Waals surface area contributed by atoms with Crippen LogP contribution in [-0.4, -0.2) is 37.4 Å². The van der Waals surface area contributed by atoms with Gasteiger partial charge in [0.1, 0.15) is 0 Å². The fourth-order valence-electron chi connectivity index (χ4n) is 3.58. The van der Waals surface area contributed by atoms with Crippen LogP contribution in [0.5, 0.6) is 0 Å². The summed E-state index contributed by atoms with van der Waals surface area (Å²) in [7, 11) is -3.66. The molecule has 6 nitrogen and oxygen atoms in total. The molecule has 0 radical (unpaired) electrons. The molecule has 0 aliphatic carbocycles. The van der Waals surface area contributed by atoms with E-state index in [0.717, 1.165) is 36.1 Å². The number of pyridine rings is 1. The van der Waals surface area contributed by atoms with Crippen molar-refractivity contribution in [1.29, 1.82) is 0 Å². The molecule has 27 heavy (non-hydrogen) atoms. The molecule has 0 spiro atoms. The quantitative estimate of drug-likeness (QED) is 0.708. The maximum absolute atomic E-state index is 11.5. The van der Waals surface area contributed by atoms with Crippen molar-refractivity contribution in [3.05, 3.63) is 66.5 Å². The van der Waals surface area contributed by atoms with E-state index in [4.69, 9.17) is 5.14 Å². The lowest BCUT2D eigenvalue weighted by atomic mass is 10.1. The van der Waals surface area contributed by atoms with E-state index < -0.39 is 10.0 Å². The van der Waals surface area contributed by atoms with Crippen LogP contribution in [0.4, 0.5) is 5.69 Å². The van der Waals surface area contributed by atoms with E-state index in [0.29, 0.717) is 12.6 Å². The maximum Gasteiger partial charge on any atom is 0.238 e. The molecule has 0 unspecified atom stereocenters. The molecule has 1 aliphatic heterocycles. The molecule has 0 amide bonds. The van der Waals surface area contributed by atoms with E-state index in [1.807, 2.05) is 18.3 Å². The number of rotatable bonds is 5. The minimum Gasteiger partial charge on any atom is -0.381 e. The number of likely N-dealkylation sites (tertiary alicyclic amines) is 1. The first-order valence-corrected chi connectivity index (χ1v) is 10.5. The minimum absolute atomic E-state index is 0.166. The van der Waals surface area contributed by atoms with Gasteiger partial charge in [-0.2, -0.15) is 0 Å². The highest BCUT2D eigenvalue weighted by atomic mass is 32.2. The summed E-state index contributed by atoms with van der Waals surface area (Å²) in [6, 6.07) is 15.6. The average Bonchev–Trinajstić information content (AvgIpc) is 3.08. The summed E-state index contributed by atoms with van der Waals surface area (Å²) in [4.78, 5) is 6.63. The third-order valence-corrected chi connectivity index (χ3v) is 5.83. The normalized spacial score (nSPS) is 18.0. The Bertz CT molecular complexity index is 1070. The number of anilines is 1. The predicted octanol–water partition coefficient (Wildman–Crippen LogP) is 2.57. The van der Waals surface area contributed by atoms with E-state index in [-0.39, 0.29) is 4.90 Å². The van der Waals surface area contributed by atoms with Crippen molar-refractivity contribution in [2.75, 3.05) is 18.4 Å². The largest absolute Gasteiger partial charge is 0.381 e. The molecule has 1 fully saturated rings. The van der Waals surface area contributed by atoms with Gasteiger partial charge in [0.05, 0.1) is 4.90 Å². The average molecular weight is 382 g/mol. The van der Waals surface area contributed by atoms with E-state index in [1.54, 1.807) is 18.3 Å². The highest BCUT2D eigenvalue weighted by molar-refractivity contribution is 7.89. The van der Waals surface area contributed by atoms with Crippen LogP contribution in [0.2, 0.25) is 0 Å². The molecule has 0 bridgehead atoms. The lowest BCUT2D eigenvalue weighted by Crippen LogP contribution is -2.26. The third-order valence-electron chi connectivity index (χ3n) is 4.92. The molecule has 3 aromatic rings. The second kappa shape index (κ2) is 7.26. The first-order valence-electron chi connectivity index (χ1n) is 8.92. The molecule has 1 atom stereocenters. The molecular weight excluding hydrogens is 360 g/mol. The lowest BCUT2D eigenvalue weighted by molar-refractivity contribution is 0.328. The van der Waals surface area contributed by atoms with E-state index in [1.165, 1.54) is 11.5 Å². The van der Waals surface area contributed by atoms with Crippen LogP contribution in [-0.2, 0) is 16.6 Å². The Hall–Kier alpha value is -2.48. The van der Waals surface area contributed by atoms with E-state index in [2.05, 4.69) is 33.4 Å². The van der Waals surface area contributed by atoms with Crippen LogP contribution in [0, 0.1) is 0 Å². The van der Waals surface area contributed by atoms with Crippen LogP contribution in [0.25, 0.3) is 10.8 Å². The molecular formula is C20H22N4O2S. The Balaban J connectivity index is 1.40. The van der Waals surface area contributed by atoms with Gasteiger partial charge in [-0.15, -0.1) is 0 Å². The van der Waals surface area contributed by atoms with Crippen LogP contribution >= 0.6 is 0 Å². The van der Waals surface area contributed by atoms with Gasteiger partial charge in [-0.05, 0) is 47.7 Å². The molecule has 4 rings (SSSR count). The highest BCUT2D eigenvalue weighted by Gasteiger charge is 2.22. The van der Waals surface area contributed by atoms with Crippen LogP contribution in [0.3, 0.4) is 0 Å². The summed E-state index contributed by atoms with van der Waals surface area (Å²) in [5.41, 5.74) is 2.07. The highest BCUT2D eigenvalue weighted by Crippen LogP contribution is 2.22. The van der Waals surface area contributed by atoms with Gasteiger partial charge in [0.2, 0.25) is 10.0 Å². The van der Waals surface area contributed by atoms with Gasteiger partial charge in [0.25, 0.3) is 0 Å². The molecule has 1 aromatic heterocycles. The summed E-state index contributed by atoms with van der Waals surface area (Å²) in [5, 5.41) is 11.1. The van der Waals surface area contributed by atoms with Crippen LogP contribution in [0.1, 0.15) is 12.0 Å². The van der Waals surface area contributed by atoms with Gasteiger partial charge in [0, 0.05) is 49.1 Å². The summed E-state index contributed by atoms with van der Waals surface area (Å²) < 4.78 is 23.0. The number of benzene rings is 2. The first-order chi connectivity index (χ1) is 13.0. The Morgan fingerprint density at radius 2 is 2.04 bits per heavy atom. The Labute approximate surface area is 159 Å².